The molecule has 2 unspecified atom stereocenters. The van der Waals surface area contributed by atoms with Gasteiger partial charge < -0.3 is 32.7 Å². The minimum Gasteiger partial charge on any atom is -0.358 e. The van der Waals surface area contributed by atoms with Gasteiger partial charge in [-0.25, -0.2) is 0 Å². The second kappa shape index (κ2) is 15.5. The minimum absolute atomic E-state index is 0.0192. The number of hydrogen-bond acceptors (Lipinski definition) is 6. The first-order chi connectivity index (χ1) is 15.3. The lowest BCUT2D eigenvalue weighted by Crippen LogP contribution is -2.51. The Morgan fingerprint density at radius 1 is 0.781 bits per heavy atom. The maximum atomic E-state index is 12.7. The van der Waals surface area contributed by atoms with Crippen LogP contribution < -0.4 is 32.7 Å². The zero-order valence-corrected chi connectivity index (χ0v) is 19.9. The quantitative estimate of drug-likeness (QED) is 0.149. The van der Waals surface area contributed by atoms with Gasteiger partial charge in [0.15, 0.2) is 0 Å². The Balaban J connectivity index is 2.85. The Hall–Kier alpha value is -2.28. The number of thiol groups is 2. The van der Waals surface area contributed by atoms with E-state index >= 15 is 0 Å². The van der Waals surface area contributed by atoms with Crippen LogP contribution in [0.1, 0.15) is 25.7 Å². The average Bonchev–Trinajstić information content (AvgIpc) is 2.78. The van der Waals surface area contributed by atoms with Crippen LogP contribution in [0, 0.1) is 0 Å². The van der Waals surface area contributed by atoms with Crippen LogP contribution in [-0.4, -0.2) is 60.3 Å². The van der Waals surface area contributed by atoms with Gasteiger partial charge in [-0.05, 0) is 43.9 Å². The van der Waals surface area contributed by atoms with Crippen molar-refractivity contribution < 1.29 is 30.6 Å². The number of benzene rings is 1. The lowest BCUT2D eigenvalue weighted by Gasteiger charge is -2.19. The lowest BCUT2D eigenvalue weighted by atomic mass is 10.1. The first kappa shape index (κ1) is 27.8. The number of nitrogens with one attached hydrogen (secondary N) is 4. The summed E-state index contributed by atoms with van der Waals surface area (Å²) in [6.07, 6.45) is 2.25. The fourth-order valence-electron chi connectivity index (χ4n) is 2.85. The molecular weight excluding hydrogens is 452 g/mol. The second-order valence-electron chi connectivity index (χ2n) is 7.11. The molecule has 178 valence electrons. The molecule has 2 atom stereocenters. The van der Waals surface area contributed by atoms with E-state index in [1.807, 2.05) is 0 Å². The summed E-state index contributed by atoms with van der Waals surface area (Å²) in [5.74, 6) is -1.45. The molecule has 10 nitrogen and oxygen atoms in total. The third-order valence-corrected chi connectivity index (χ3v) is 5.05. The van der Waals surface area contributed by atoms with Crippen molar-refractivity contribution in [2.45, 2.75) is 37.8 Å². The van der Waals surface area contributed by atoms with E-state index in [1.54, 1.807) is 24.3 Å². The molecule has 0 aliphatic rings. The first-order valence-corrected chi connectivity index (χ1v) is 11.7. The zero-order chi connectivity index (χ0) is 23.9. The van der Waals surface area contributed by atoms with Crippen LogP contribution in [0.3, 0.4) is 0 Å². The molecule has 0 saturated carbocycles. The fourth-order valence-corrected chi connectivity index (χ4v) is 3.03. The molecule has 0 spiro atoms. The zero-order valence-electron chi connectivity index (χ0n) is 18.1. The van der Waals surface area contributed by atoms with Crippen molar-refractivity contribution in [3.05, 3.63) is 24.3 Å². The van der Waals surface area contributed by atoms with Gasteiger partial charge in [-0.1, -0.05) is 6.07 Å². The SMILES string of the molecule is [NH3+]CCCC(NC(=O)CS)C(=O)Nc1cccc(NC(=O)C(CCC[NH3+])NC(=O)CS)c1. The van der Waals surface area contributed by atoms with E-state index in [0.717, 1.165) is 0 Å². The van der Waals surface area contributed by atoms with Crippen molar-refractivity contribution >= 4 is 60.3 Å². The van der Waals surface area contributed by atoms with Crippen molar-refractivity contribution in [3.8, 4) is 0 Å². The number of anilines is 2. The molecule has 4 amide bonds. The van der Waals surface area contributed by atoms with Gasteiger partial charge >= 0.3 is 0 Å². The van der Waals surface area contributed by atoms with E-state index in [-0.39, 0.29) is 35.1 Å². The number of rotatable bonds is 14. The predicted molar refractivity (Wildman–Crippen MR) is 129 cm³/mol. The topological polar surface area (TPSA) is 172 Å². The minimum atomic E-state index is -0.710. The molecule has 0 heterocycles. The van der Waals surface area contributed by atoms with Gasteiger partial charge in [0.25, 0.3) is 0 Å². The molecule has 1 aromatic rings. The number of hydrogen-bond donors (Lipinski definition) is 8. The third kappa shape index (κ3) is 10.4. The van der Waals surface area contributed by atoms with E-state index in [9.17, 15) is 19.2 Å². The van der Waals surface area contributed by atoms with E-state index in [1.165, 1.54) is 0 Å². The van der Waals surface area contributed by atoms with Gasteiger partial charge in [0.05, 0.1) is 24.6 Å². The van der Waals surface area contributed by atoms with Crippen LogP contribution in [0.4, 0.5) is 11.4 Å². The van der Waals surface area contributed by atoms with E-state index in [0.29, 0.717) is 50.1 Å². The maximum absolute atomic E-state index is 12.7. The highest BCUT2D eigenvalue weighted by Crippen LogP contribution is 2.16. The highest BCUT2D eigenvalue weighted by Gasteiger charge is 2.22. The molecule has 10 N–H and O–H groups in total. The number of amides is 4. The van der Waals surface area contributed by atoms with Gasteiger partial charge in [0.1, 0.15) is 12.1 Å². The van der Waals surface area contributed by atoms with Crippen molar-refractivity contribution in [3.63, 3.8) is 0 Å². The summed E-state index contributed by atoms with van der Waals surface area (Å²) in [5, 5.41) is 10.8. The number of carbonyl (C=O) groups is 4. The van der Waals surface area contributed by atoms with Crippen molar-refractivity contribution in [1.29, 1.82) is 0 Å². The van der Waals surface area contributed by atoms with Crippen molar-refractivity contribution in [1.82, 2.24) is 10.6 Å². The summed E-state index contributed by atoms with van der Waals surface area (Å²) in [6, 6.07) is 5.22. The van der Waals surface area contributed by atoms with Crippen LogP contribution in [0.5, 0.6) is 0 Å². The molecule has 12 heteroatoms. The summed E-state index contributed by atoms with van der Waals surface area (Å²) in [6.45, 7) is 1.28. The van der Waals surface area contributed by atoms with Gasteiger partial charge in [0.2, 0.25) is 23.6 Å². The van der Waals surface area contributed by atoms with E-state index in [2.05, 4.69) is 58.0 Å². The highest BCUT2D eigenvalue weighted by atomic mass is 32.1. The Bertz CT molecular complexity index is 721. The van der Waals surface area contributed by atoms with Crippen LogP contribution in [0.25, 0.3) is 0 Å². The number of quaternary nitrogens is 2. The maximum Gasteiger partial charge on any atom is 0.246 e. The molecule has 0 aliphatic heterocycles. The molecule has 0 radical (unpaired) electrons. The smallest absolute Gasteiger partial charge is 0.246 e. The Morgan fingerprint density at radius 2 is 1.19 bits per heavy atom. The molecule has 1 aromatic carbocycles. The van der Waals surface area contributed by atoms with E-state index in [4.69, 9.17) is 0 Å². The van der Waals surface area contributed by atoms with Crippen molar-refractivity contribution in [2.24, 2.45) is 0 Å². The Labute approximate surface area is 198 Å². The number of carbonyl (C=O) groups excluding carboxylic acids is 4. The molecule has 0 saturated heterocycles. The third-order valence-electron chi connectivity index (χ3n) is 4.47. The first-order valence-electron chi connectivity index (χ1n) is 10.4. The average molecular weight is 487 g/mol. The van der Waals surface area contributed by atoms with Gasteiger partial charge in [-0.15, -0.1) is 0 Å². The highest BCUT2D eigenvalue weighted by molar-refractivity contribution is 7.81. The summed E-state index contributed by atoms with van der Waals surface area (Å²) < 4.78 is 0. The standard InChI is InChI=1S/C20H32N6O4S2/c21-8-2-6-15(25-17(27)11-31)19(29)23-13-4-1-5-14(10-13)24-20(30)16(7-3-9-22)26-18(28)12-32/h1,4-5,10,15-16,31-32H,2-3,6-9,11-12,21-22H2,(H,23,29)(H,24,30)(H,25,27)(H,26,28)/p+2. The predicted octanol–water partition coefficient (Wildman–Crippen LogP) is -1.56. The molecule has 1 rings (SSSR count). The Kier molecular flexibility index (Phi) is 13.5. The molecule has 0 aliphatic carbocycles. The van der Waals surface area contributed by atoms with Crippen LogP contribution in [0.2, 0.25) is 0 Å². The van der Waals surface area contributed by atoms with Crippen LogP contribution >= 0.6 is 25.3 Å². The monoisotopic (exact) mass is 486 g/mol. The molecular formula is C20H34N6O4S2+2. The van der Waals surface area contributed by atoms with Crippen LogP contribution in [0.15, 0.2) is 24.3 Å². The normalized spacial score (nSPS) is 12.4. The molecule has 0 aromatic heterocycles. The lowest BCUT2D eigenvalue weighted by molar-refractivity contribution is -0.369. The Morgan fingerprint density at radius 3 is 1.53 bits per heavy atom. The summed E-state index contributed by atoms with van der Waals surface area (Å²) in [5.41, 5.74) is 8.44. The fraction of sp³-hybridized carbons (Fsp3) is 0.500. The molecule has 0 bridgehead atoms. The van der Waals surface area contributed by atoms with Gasteiger partial charge in [0, 0.05) is 11.4 Å². The summed E-state index contributed by atoms with van der Waals surface area (Å²) in [4.78, 5) is 48.7. The molecule has 0 fully saturated rings. The summed E-state index contributed by atoms with van der Waals surface area (Å²) in [7, 11) is 0. The van der Waals surface area contributed by atoms with Crippen LogP contribution in [-0.2, 0) is 19.2 Å². The van der Waals surface area contributed by atoms with Crippen molar-refractivity contribution in [2.75, 3.05) is 35.2 Å². The van der Waals surface area contributed by atoms with Gasteiger partial charge in [-0.2, -0.15) is 25.3 Å². The van der Waals surface area contributed by atoms with E-state index < -0.39 is 12.1 Å². The summed E-state index contributed by atoms with van der Waals surface area (Å²) >= 11 is 7.86. The van der Waals surface area contributed by atoms with Gasteiger partial charge in [-0.3, -0.25) is 19.2 Å². The second-order valence-corrected chi connectivity index (χ2v) is 7.74. The largest absolute Gasteiger partial charge is 0.358 e. The molecule has 32 heavy (non-hydrogen) atoms.